The first kappa shape index (κ1) is 21.3. The average Bonchev–Trinajstić information content (AvgIpc) is 2.74. The highest BCUT2D eigenvalue weighted by Crippen LogP contribution is 2.31. The molecule has 5 nitrogen and oxygen atoms in total. The van der Waals surface area contributed by atoms with Crippen molar-refractivity contribution in [2.45, 2.75) is 64.5 Å². The van der Waals surface area contributed by atoms with Crippen LogP contribution in [0.3, 0.4) is 0 Å². The lowest BCUT2D eigenvalue weighted by Gasteiger charge is -2.24. The second-order valence-corrected chi connectivity index (χ2v) is 8.11. The predicted octanol–water partition coefficient (Wildman–Crippen LogP) is 6.33. The molecule has 1 aliphatic carbocycles. The molecule has 4 rings (SSSR count). The lowest BCUT2D eigenvalue weighted by Crippen LogP contribution is -2.22. The number of rotatable bonds is 6. The maximum Gasteiger partial charge on any atom is 0.266 e. The molecular formula is C23H26F3N5. The third-order valence-electron chi connectivity index (χ3n) is 5.75. The van der Waals surface area contributed by atoms with Crippen molar-refractivity contribution in [3.63, 3.8) is 0 Å². The summed E-state index contributed by atoms with van der Waals surface area (Å²) in [5.41, 5.74) is 0.966. The highest BCUT2D eigenvalue weighted by Gasteiger charge is 2.21. The van der Waals surface area contributed by atoms with Crippen molar-refractivity contribution in [1.29, 1.82) is 0 Å². The standard InChI is InChI=1S/C23H26F3N5/c1-13(17-9-6-10-18(20(17)24)21(25)26)28-23-19-11-16(31-15-7-4-3-5-8-15)12-27-22(19)29-14(2)30-23/h6,9-13,15,21,31H,3-5,7-8H2,1-2H3,(H,27,28,29,30)/t13-/m1/s1. The molecule has 1 atom stereocenters. The van der Waals surface area contributed by atoms with E-state index in [4.69, 9.17) is 0 Å². The van der Waals surface area contributed by atoms with Crippen LogP contribution < -0.4 is 10.6 Å². The van der Waals surface area contributed by atoms with Gasteiger partial charge in [-0.15, -0.1) is 0 Å². The molecule has 1 aliphatic rings. The number of hydrogen-bond acceptors (Lipinski definition) is 5. The Bertz CT molecular complexity index is 1070. The number of alkyl halides is 2. The molecule has 1 saturated carbocycles. The van der Waals surface area contributed by atoms with Crippen LogP contribution in [-0.2, 0) is 0 Å². The number of hydrogen-bond donors (Lipinski definition) is 2. The summed E-state index contributed by atoms with van der Waals surface area (Å²) in [5, 5.41) is 7.41. The van der Waals surface area contributed by atoms with Crippen LogP contribution in [0.15, 0.2) is 30.5 Å². The molecule has 164 valence electrons. The van der Waals surface area contributed by atoms with Gasteiger partial charge in [0.25, 0.3) is 6.43 Å². The Balaban J connectivity index is 1.64. The highest BCUT2D eigenvalue weighted by molar-refractivity contribution is 5.89. The fourth-order valence-electron chi connectivity index (χ4n) is 4.15. The molecule has 1 aromatic carbocycles. The highest BCUT2D eigenvalue weighted by atomic mass is 19.3. The van der Waals surface area contributed by atoms with Crippen molar-refractivity contribution in [2.75, 3.05) is 10.6 Å². The van der Waals surface area contributed by atoms with Crippen molar-refractivity contribution in [3.8, 4) is 0 Å². The van der Waals surface area contributed by atoms with Crippen LogP contribution in [0.25, 0.3) is 11.0 Å². The summed E-state index contributed by atoms with van der Waals surface area (Å²) in [5.74, 6) is 0.117. The first-order chi connectivity index (χ1) is 14.9. The lowest BCUT2D eigenvalue weighted by molar-refractivity contribution is 0.146. The third kappa shape index (κ3) is 4.73. The van der Waals surface area contributed by atoms with Crippen molar-refractivity contribution in [1.82, 2.24) is 15.0 Å². The Kier molecular flexibility index (Phi) is 6.25. The number of nitrogens with zero attached hydrogens (tertiary/aromatic N) is 3. The zero-order chi connectivity index (χ0) is 22.0. The zero-order valence-corrected chi connectivity index (χ0v) is 17.6. The van der Waals surface area contributed by atoms with Crippen LogP contribution in [0.2, 0.25) is 0 Å². The van der Waals surface area contributed by atoms with Gasteiger partial charge >= 0.3 is 0 Å². The molecule has 0 saturated heterocycles. The normalized spacial score (nSPS) is 15.9. The lowest BCUT2D eigenvalue weighted by atomic mass is 9.95. The monoisotopic (exact) mass is 429 g/mol. The van der Waals surface area contributed by atoms with Crippen molar-refractivity contribution in [2.24, 2.45) is 0 Å². The molecule has 0 unspecified atom stereocenters. The summed E-state index contributed by atoms with van der Waals surface area (Å²) in [4.78, 5) is 13.4. The van der Waals surface area contributed by atoms with Crippen LogP contribution in [0.4, 0.5) is 24.7 Å². The molecule has 8 heteroatoms. The number of fused-ring (bicyclic) bond motifs is 1. The number of aromatic nitrogens is 3. The molecule has 0 amide bonds. The van der Waals surface area contributed by atoms with E-state index >= 15 is 0 Å². The van der Waals surface area contributed by atoms with Gasteiger partial charge in [-0.05, 0) is 32.8 Å². The van der Waals surface area contributed by atoms with Gasteiger partial charge in [0, 0.05) is 11.6 Å². The Labute approximate surface area is 179 Å². The van der Waals surface area contributed by atoms with Crippen molar-refractivity contribution < 1.29 is 13.2 Å². The second kappa shape index (κ2) is 9.08. The van der Waals surface area contributed by atoms with E-state index in [0.29, 0.717) is 28.7 Å². The number of halogens is 3. The summed E-state index contributed by atoms with van der Waals surface area (Å²) >= 11 is 0. The predicted molar refractivity (Wildman–Crippen MR) is 116 cm³/mol. The van der Waals surface area contributed by atoms with Crippen LogP contribution >= 0.6 is 0 Å². The topological polar surface area (TPSA) is 62.7 Å². The van der Waals surface area contributed by atoms with Crippen LogP contribution in [-0.4, -0.2) is 21.0 Å². The minimum absolute atomic E-state index is 0.159. The van der Waals surface area contributed by atoms with Gasteiger partial charge in [-0.1, -0.05) is 37.5 Å². The molecule has 3 aromatic rings. The fraction of sp³-hybridized carbons (Fsp3) is 0.435. The maximum atomic E-state index is 14.6. The van der Waals surface area contributed by atoms with E-state index in [1.165, 1.54) is 31.4 Å². The largest absolute Gasteiger partial charge is 0.381 e. The summed E-state index contributed by atoms with van der Waals surface area (Å²) in [6, 6.07) is 5.83. The second-order valence-electron chi connectivity index (χ2n) is 8.11. The van der Waals surface area contributed by atoms with Crippen molar-refractivity contribution >= 4 is 22.5 Å². The summed E-state index contributed by atoms with van der Waals surface area (Å²) in [6.07, 6.45) is 4.86. The molecule has 1 fully saturated rings. The van der Waals surface area contributed by atoms with Gasteiger partial charge in [0.2, 0.25) is 0 Å². The van der Waals surface area contributed by atoms with Crippen LogP contribution in [0.1, 0.15) is 68.4 Å². The van der Waals surface area contributed by atoms with E-state index in [0.717, 1.165) is 24.6 Å². The number of pyridine rings is 1. The van der Waals surface area contributed by atoms with Gasteiger partial charge < -0.3 is 10.6 Å². The smallest absolute Gasteiger partial charge is 0.266 e. The van der Waals surface area contributed by atoms with E-state index in [1.807, 2.05) is 6.07 Å². The number of anilines is 2. The maximum absolute atomic E-state index is 14.6. The van der Waals surface area contributed by atoms with Gasteiger partial charge in [0.15, 0.2) is 5.65 Å². The molecule has 2 N–H and O–H groups in total. The molecule has 0 aliphatic heterocycles. The molecule has 2 aromatic heterocycles. The summed E-state index contributed by atoms with van der Waals surface area (Å²) in [6.45, 7) is 3.47. The van der Waals surface area contributed by atoms with E-state index in [2.05, 4.69) is 25.6 Å². The summed E-state index contributed by atoms with van der Waals surface area (Å²) < 4.78 is 40.8. The van der Waals surface area contributed by atoms with Gasteiger partial charge in [0.1, 0.15) is 17.5 Å². The molecular weight excluding hydrogens is 403 g/mol. The van der Waals surface area contributed by atoms with E-state index in [1.54, 1.807) is 20.0 Å². The van der Waals surface area contributed by atoms with E-state index < -0.39 is 23.8 Å². The van der Waals surface area contributed by atoms with Gasteiger partial charge in [-0.25, -0.2) is 28.1 Å². The van der Waals surface area contributed by atoms with Gasteiger partial charge in [0.05, 0.1) is 28.9 Å². The SMILES string of the molecule is Cc1nc(N[C@H](C)c2cccc(C(F)F)c2F)c2cc(NC3CCCCC3)cnc2n1. The molecule has 0 spiro atoms. The van der Waals surface area contributed by atoms with Crippen molar-refractivity contribution in [3.05, 3.63) is 53.2 Å². The number of benzene rings is 1. The quantitative estimate of drug-likeness (QED) is 0.480. The first-order valence-corrected chi connectivity index (χ1v) is 10.7. The molecule has 0 radical (unpaired) electrons. The van der Waals surface area contributed by atoms with Gasteiger partial charge in [-0.2, -0.15) is 0 Å². The Morgan fingerprint density at radius 3 is 2.55 bits per heavy atom. The minimum Gasteiger partial charge on any atom is -0.381 e. The average molecular weight is 429 g/mol. The number of nitrogens with one attached hydrogen (secondary N) is 2. The summed E-state index contributed by atoms with van der Waals surface area (Å²) in [7, 11) is 0. The molecule has 31 heavy (non-hydrogen) atoms. The minimum atomic E-state index is -2.87. The van der Waals surface area contributed by atoms with Crippen LogP contribution in [0, 0.1) is 12.7 Å². The van der Waals surface area contributed by atoms with Crippen LogP contribution in [0.5, 0.6) is 0 Å². The van der Waals surface area contributed by atoms with Gasteiger partial charge in [-0.3, -0.25) is 0 Å². The Morgan fingerprint density at radius 1 is 1.06 bits per heavy atom. The van der Waals surface area contributed by atoms with E-state index in [-0.39, 0.29) is 5.56 Å². The zero-order valence-electron chi connectivity index (χ0n) is 17.6. The Morgan fingerprint density at radius 2 is 1.81 bits per heavy atom. The number of aryl methyl sites for hydroxylation is 1. The van der Waals surface area contributed by atoms with E-state index in [9.17, 15) is 13.2 Å². The molecule has 2 heterocycles. The third-order valence-corrected chi connectivity index (χ3v) is 5.75. The first-order valence-electron chi connectivity index (χ1n) is 10.7. The Hall–Kier alpha value is -2.90. The molecule has 0 bridgehead atoms. The fourth-order valence-corrected chi connectivity index (χ4v) is 4.15.